The average Bonchev–Trinajstić information content (AvgIpc) is 2.29. The van der Waals surface area contributed by atoms with E-state index in [1.54, 1.807) is 6.92 Å². The molecule has 0 aliphatic carbocycles. The minimum atomic E-state index is -4.20. The van der Waals surface area contributed by atoms with E-state index in [9.17, 15) is 22.3 Å². The summed E-state index contributed by atoms with van der Waals surface area (Å²) in [6.45, 7) is 4.22. The van der Waals surface area contributed by atoms with Gasteiger partial charge in [0.2, 0.25) is 10.0 Å². The quantitative estimate of drug-likeness (QED) is 0.804. The van der Waals surface area contributed by atoms with Crippen molar-refractivity contribution in [1.82, 2.24) is 4.31 Å². The number of nitrogens with zero attached hydrogens (tertiary/aromatic N) is 1. The van der Waals surface area contributed by atoms with Gasteiger partial charge in [-0.05, 0) is 19.9 Å². The van der Waals surface area contributed by atoms with Gasteiger partial charge in [-0.15, -0.1) is 0 Å². The van der Waals surface area contributed by atoms with Gasteiger partial charge in [0.1, 0.15) is 16.5 Å². The molecule has 5 nitrogen and oxygen atoms in total. The molecular formula is C12H18F2N2O3S. The van der Waals surface area contributed by atoms with E-state index in [-0.39, 0.29) is 13.1 Å². The van der Waals surface area contributed by atoms with Crippen molar-refractivity contribution < 1.29 is 22.3 Å². The monoisotopic (exact) mass is 308 g/mol. The largest absolute Gasteiger partial charge is 0.396 e. The summed E-state index contributed by atoms with van der Waals surface area (Å²) in [6.07, 6.45) is 0. The molecule has 0 aliphatic rings. The third-order valence-electron chi connectivity index (χ3n) is 2.59. The zero-order valence-corrected chi connectivity index (χ0v) is 12.3. The number of benzene rings is 1. The lowest BCUT2D eigenvalue weighted by molar-refractivity contribution is 0.0601. The zero-order valence-electron chi connectivity index (χ0n) is 11.5. The summed E-state index contributed by atoms with van der Waals surface area (Å²) in [6, 6.07) is 1.17. The van der Waals surface area contributed by atoms with Crippen LogP contribution in [0, 0.1) is 11.6 Å². The molecule has 0 radical (unpaired) electrons. The van der Waals surface area contributed by atoms with Gasteiger partial charge in [0, 0.05) is 19.2 Å². The van der Waals surface area contributed by atoms with Crippen LogP contribution in [0.4, 0.5) is 14.5 Å². The van der Waals surface area contributed by atoms with Crippen LogP contribution in [0.2, 0.25) is 0 Å². The predicted molar refractivity (Wildman–Crippen MR) is 71.5 cm³/mol. The Kier molecular flexibility index (Phi) is 4.73. The second kappa shape index (κ2) is 5.63. The van der Waals surface area contributed by atoms with Gasteiger partial charge in [0.25, 0.3) is 0 Å². The van der Waals surface area contributed by atoms with Crippen LogP contribution in [-0.4, -0.2) is 36.5 Å². The van der Waals surface area contributed by atoms with Gasteiger partial charge in [-0.3, -0.25) is 0 Å². The number of nitrogens with two attached hydrogens (primary N) is 1. The van der Waals surface area contributed by atoms with Crippen LogP contribution >= 0.6 is 0 Å². The molecular weight excluding hydrogens is 290 g/mol. The van der Waals surface area contributed by atoms with Crippen molar-refractivity contribution in [3.8, 4) is 0 Å². The van der Waals surface area contributed by atoms with Gasteiger partial charge in [-0.25, -0.2) is 17.2 Å². The van der Waals surface area contributed by atoms with Crippen LogP contribution < -0.4 is 5.73 Å². The first kappa shape index (κ1) is 16.8. The summed E-state index contributed by atoms with van der Waals surface area (Å²) < 4.78 is 52.3. The Morgan fingerprint density at radius 2 is 1.85 bits per heavy atom. The van der Waals surface area contributed by atoms with E-state index in [0.29, 0.717) is 6.07 Å². The molecule has 114 valence electrons. The number of anilines is 1. The molecule has 0 saturated heterocycles. The lowest BCUT2D eigenvalue weighted by atomic mass is 10.1. The molecule has 20 heavy (non-hydrogen) atoms. The molecule has 0 aliphatic heterocycles. The Hall–Kier alpha value is -1.25. The Labute approximate surface area is 117 Å². The van der Waals surface area contributed by atoms with E-state index < -0.39 is 37.8 Å². The van der Waals surface area contributed by atoms with Crippen molar-refractivity contribution in [2.45, 2.75) is 31.3 Å². The molecule has 1 aromatic rings. The fraction of sp³-hybridized carbons (Fsp3) is 0.500. The Morgan fingerprint density at radius 3 is 2.30 bits per heavy atom. The van der Waals surface area contributed by atoms with Crippen molar-refractivity contribution in [2.75, 3.05) is 18.8 Å². The maximum Gasteiger partial charge on any atom is 0.246 e. The third-order valence-corrected chi connectivity index (χ3v) is 4.52. The number of rotatable bonds is 5. The second-order valence-electron chi connectivity index (χ2n) is 5.05. The van der Waals surface area contributed by atoms with Crippen LogP contribution in [-0.2, 0) is 10.0 Å². The number of likely N-dealkylation sites (N-methyl/N-ethyl adjacent to an activating group) is 1. The maximum absolute atomic E-state index is 13.7. The number of halogens is 2. The zero-order chi connectivity index (χ0) is 15.7. The fourth-order valence-electron chi connectivity index (χ4n) is 1.68. The Balaban J connectivity index is 3.31. The summed E-state index contributed by atoms with van der Waals surface area (Å²) in [4.78, 5) is -0.706. The average molecular weight is 308 g/mol. The molecule has 0 amide bonds. The molecule has 1 aromatic carbocycles. The lowest BCUT2D eigenvalue weighted by Gasteiger charge is -2.27. The SMILES string of the molecule is CCN(CC(C)(C)O)S(=O)(=O)c1cc(N)c(F)cc1F. The molecule has 0 spiro atoms. The molecule has 0 fully saturated rings. The van der Waals surface area contributed by atoms with Gasteiger partial charge in [-0.1, -0.05) is 6.92 Å². The topological polar surface area (TPSA) is 83.6 Å². The van der Waals surface area contributed by atoms with Gasteiger partial charge in [0.05, 0.1) is 11.3 Å². The maximum atomic E-state index is 13.7. The number of aliphatic hydroxyl groups is 1. The number of hydrogen-bond acceptors (Lipinski definition) is 4. The Bertz CT molecular complexity index is 597. The van der Waals surface area contributed by atoms with Gasteiger partial charge < -0.3 is 10.8 Å². The summed E-state index contributed by atoms with van der Waals surface area (Å²) in [5.41, 5.74) is 3.54. The Morgan fingerprint density at radius 1 is 1.30 bits per heavy atom. The minimum absolute atomic E-state index is 0.0308. The summed E-state index contributed by atoms with van der Waals surface area (Å²) in [5, 5.41) is 9.71. The van der Waals surface area contributed by atoms with Crippen LogP contribution in [0.15, 0.2) is 17.0 Å². The first-order chi connectivity index (χ1) is 8.99. The summed E-state index contributed by atoms with van der Waals surface area (Å²) >= 11 is 0. The first-order valence-electron chi connectivity index (χ1n) is 5.96. The van der Waals surface area contributed by atoms with E-state index in [4.69, 9.17) is 5.73 Å². The lowest BCUT2D eigenvalue weighted by Crippen LogP contribution is -2.42. The fourth-order valence-corrected chi connectivity index (χ4v) is 3.37. The molecule has 0 unspecified atom stereocenters. The highest BCUT2D eigenvalue weighted by molar-refractivity contribution is 7.89. The minimum Gasteiger partial charge on any atom is -0.396 e. The van der Waals surface area contributed by atoms with Gasteiger partial charge in [0.15, 0.2) is 0 Å². The van der Waals surface area contributed by atoms with Crippen molar-refractivity contribution in [3.63, 3.8) is 0 Å². The number of hydrogen-bond donors (Lipinski definition) is 2. The molecule has 0 aromatic heterocycles. The number of nitrogen functional groups attached to an aromatic ring is 1. The van der Waals surface area contributed by atoms with Crippen LogP contribution in [0.1, 0.15) is 20.8 Å². The van der Waals surface area contributed by atoms with E-state index in [1.807, 2.05) is 0 Å². The van der Waals surface area contributed by atoms with Crippen molar-refractivity contribution in [2.24, 2.45) is 0 Å². The molecule has 8 heteroatoms. The van der Waals surface area contributed by atoms with E-state index in [0.717, 1.165) is 10.4 Å². The van der Waals surface area contributed by atoms with Gasteiger partial charge in [-0.2, -0.15) is 4.31 Å². The molecule has 0 bridgehead atoms. The first-order valence-corrected chi connectivity index (χ1v) is 7.40. The van der Waals surface area contributed by atoms with E-state index in [2.05, 4.69) is 0 Å². The van der Waals surface area contributed by atoms with E-state index in [1.165, 1.54) is 13.8 Å². The van der Waals surface area contributed by atoms with Crippen LogP contribution in [0.5, 0.6) is 0 Å². The second-order valence-corrected chi connectivity index (χ2v) is 6.95. The van der Waals surface area contributed by atoms with Crippen molar-refractivity contribution in [3.05, 3.63) is 23.8 Å². The highest BCUT2D eigenvalue weighted by atomic mass is 32.2. The van der Waals surface area contributed by atoms with E-state index >= 15 is 0 Å². The molecule has 0 atom stereocenters. The highest BCUT2D eigenvalue weighted by Gasteiger charge is 2.31. The van der Waals surface area contributed by atoms with Crippen LogP contribution in [0.3, 0.4) is 0 Å². The van der Waals surface area contributed by atoms with Crippen molar-refractivity contribution in [1.29, 1.82) is 0 Å². The summed E-state index contributed by atoms with van der Waals surface area (Å²) in [7, 11) is -4.20. The smallest absolute Gasteiger partial charge is 0.246 e. The highest BCUT2D eigenvalue weighted by Crippen LogP contribution is 2.25. The summed E-state index contributed by atoms with van der Waals surface area (Å²) in [5.74, 6) is -2.24. The normalized spacial score (nSPS) is 12.9. The van der Waals surface area contributed by atoms with Crippen LogP contribution in [0.25, 0.3) is 0 Å². The number of sulfonamides is 1. The standard InChI is InChI=1S/C12H18F2N2O3S/c1-4-16(7-12(2,3)17)20(18,19)11-6-10(15)8(13)5-9(11)14/h5-6,17H,4,7,15H2,1-3H3. The molecule has 0 heterocycles. The third kappa shape index (κ3) is 3.65. The molecule has 3 N–H and O–H groups in total. The van der Waals surface area contributed by atoms with Gasteiger partial charge >= 0.3 is 0 Å². The predicted octanol–water partition coefficient (Wildman–Crippen LogP) is 1.33. The molecule has 1 rings (SSSR count). The molecule has 0 saturated carbocycles. The van der Waals surface area contributed by atoms with Crippen molar-refractivity contribution >= 4 is 15.7 Å².